The van der Waals surface area contributed by atoms with Gasteiger partial charge >= 0.3 is 0 Å². The monoisotopic (exact) mass is 318 g/mol. The maximum Gasteiger partial charge on any atom is 0.281 e. The van der Waals surface area contributed by atoms with E-state index in [2.05, 4.69) is 24.1 Å². The molecule has 7 heteroatoms. The number of hydrogen-bond donors (Lipinski definition) is 1. The Morgan fingerprint density at radius 1 is 1.14 bits per heavy atom. The molecule has 0 radical (unpaired) electrons. The predicted octanol–water partition coefficient (Wildman–Crippen LogP) is 0.0461. The Balaban J connectivity index is 1.88. The Kier molecular flexibility index (Phi) is 6.02. The molecule has 0 amide bonds. The van der Waals surface area contributed by atoms with Crippen LogP contribution in [0.25, 0.3) is 0 Å². The van der Waals surface area contributed by atoms with Gasteiger partial charge in [-0.2, -0.15) is 17.0 Å². The van der Waals surface area contributed by atoms with Gasteiger partial charge in [-0.15, -0.1) is 0 Å². The summed E-state index contributed by atoms with van der Waals surface area (Å²) in [5.74, 6) is 0.898. The number of nitrogens with one attached hydrogen (secondary N) is 1. The molecule has 0 aromatic rings. The van der Waals surface area contributed by atoms with Gasteiger partial charge in [0.05, 0.1) is 0 Å². The van der Waals surface area contributed by atoms with Crippen molar-refractivity contribution in [3.63, 3.8) is 0 Å². The highest BCUT2D eigenvalue weighted by Gasteiger charge is 2.33. The van der Waals surface area contributed by atoms with Crippen molar-refractivity contribution >= 4 is 10.2 Å². The molecule has 2 atom stereocenters. The van der Waals surface area contributed by atoms with Crippen LogP contribution in [0, 0.1) is 11.8 Å². The molecule has 0 spiro atoms. The Morgan fingerprint density at radius 2 is 1.71 bits per heavy atom. The van der Waals surface area contributed by atoms with Crippen LogP contribution in [0.2, 0.25) is 0 Å². The molecule has 2 unspecified atom stereocenters. The number of likely N-dealkylation sites (N-methyl/N-ethyl adjacent to an activating group) is 1. The van der Waals surface area contributed by atoms with Crippen LogP contribution in [0.3, 0.4) is 0 Å². The van der Waals surface area contributed by atoms with Crippen molar-refractivity contribution < 1.29 is 8.42 Å². The zero-order chi connectivity index (χ0) is 15.5. The highest BCUT2D eigenvalue weighted by molar-refractivity contribution is 7.86. The molecule has 124 valence electrons. The van der Waals surface area contributed by atoms with Crippen molar-refractivity contribution in [3.8, 4) is 0 Å². The molecule has 0 saturated carbocycles. The molecule has 0 aromatic heterocycles. The average Bonchev–Trinajstić information content (AvgIpc) is 2.44. The van der Waals surface area contributed by atoms with Gasteiger partial charge in [0.15, 0.2) is 0 Å². The van der Waals surface area contributed by atoms with Gasteiger partial charge in [0.1, 0.15) is 0 Å². The first kappa shape index (κ1) is 17.1. The lowest BCUT2D eigenvalue weighted by atomic mass is 9.94. The summed E-state index contributed by atoms with van der Waals surface area (Å²) >= 11 is 0. The van der Waals surface area contributed by atoms with Crippen LogP contribution in [0.4, 0.5) is 0 Å². The van der Waals surface area contributed by atoms with Gasteiger partial charge < -0.3 is 5.32 Å². The molecule has 2 heterocycles. The zero-order valence-electron chi connectivity index (χ0n) is 13.6. The van der Waals surface area contributed by atoms with Crippen LogP contribution in [-0.4, -0.2) is 81.3 Å². The number of rotatable bonds is 5. The van der Waals surface area contributed by atoms with Gasteiger partial charge in [-0.05, 0) is 18.3 Å². The highest BCUT2D eigenvalue weighted by Crippen LogP contribution is 2.24. The lowest BCUT2D eigenvalue weighted by molar-refractivity contribution is 0.202. The van der Waals surface area contributed by atoms with E-state index in [1.54, 1.807) is 11.4 Å². The molecule has 2 fully saturated rings. The van der Waals surface area contributed by atoms with Crippen LogP contribution < -0.4 is 5.32 Å². The van der Waals surface area contributed by atoms with Gasteiger partial charge in [-0.25, -0.2) is 0 Å². The minimum atomic E-state index is -3.30. The van der Waals surface area contributed by atoms with Crippen LogP contribution in [-0.2, 0) is 10.2 Å². The lowest BCUT2D eigenvalue weighted by Gasteiger charge is -2.37. The molecular weight excluding hydrogens is 288 g/mol. The van der Waals surface area contributed by atoms with Crippen LogP contribution in [0.1, 0.15) is 20.3 Å². The van der Waals surface area contributed by atoms with Gasteiger partial charge in [0.2, 0.25) is 0 Å². The Bertz CT molecular complexity index is 413. The Hall–Kier alpha value is -0.210. The first-order chi connectivity index (χ1) is 9.89. The molecular formula is C14H30N4O2S. The Labute approximate surface area is 129 Å². The minimum absolute atomic E-state index is 0.449. The molecule has 0 aliphatic carbocycles. The number of piperidine rings is 1. The predicted molar refractivity (Wildman–Crippen MR) is 85.4 cm³/mol. The van der Waals surface area contributed by atoms with E-state index in [1.807, 2.05) is 0 Å². The summed E-state index contributed by atoms with van der Waals surface area (Å²) in [7, 11) is -1.59. The highest BCUT2D eigenvalue weighted by atomic mass is 32.2. The fourth-order valence-electron chi connectivity index (χ4n) is 3.32. The normalized spacial score (nSPS) is 29.9. The summed E-state index contributed by atoms with van der Waals surface area (Å²) in [6.07, 6.45) is 1.12. The van der Waals surface area contributed by atoms with Crippen molar-refractivity contribution in [3.05, 3.63) is 0 Å². The molecule has 2 rings (SSSR count). The van der Waals surface area contributed by atoms with E-state index in [-0.39, 0.29) is 0 Å². The molecule has 21 heavy (non-hydrogen) atoms. The Morgan fingerprint density at radius 3 is 2.29 bits per heavy atom. The zero-order valence-corrected chi connectivity index (χ0v) is 14.4. The maximum atomic E-state index is 12.7. The van der Waals surface area contributed by atoms with Crippen molar-refractivity contribution in [2.75, 3.05) is 59.4 Å². The third kappa shape index (κ3) is 4.63. The fraction of sp³-hybridized carbons (Fsp3) is 1.00. The summed E-state index contributed by atoms with van der Waals surface area (Å²) in [6, 6.07) is 0. The molecule has 2 aliphatic rings. The van der Waals surface area contributed by atoms with Crippen LogP contribution in [0.15, 0.2) is 0 Å². The summed E-state index contributed by atoms with van der Waals surface area (Å²) in [6.45, 7) is 11.0. The number of hydrogen-bond acceptors (Lipinski definition) is 4. The SMILES string of the molecule is CC1CC(C)CN(S(=O)(=O)N(C)CCN2CCNCC2)C1. The molecule has 1 N–H and O–H groups in total. The van der Waals surface area contributed by atoms with Crippen molar-refractivity contribution in [1.29, 1.82) is 0 Å². The molecule has 2 aliphatic heterocycles. The van der Waals surface area contributed by atoms with Crippen molar-refractivity contribution in [1.82, 2.24) is 18.8 Å². The van der Waals surface area contributed by atoms with Crippen molar-refractivity contribution in [2.24, 2.45) is 11.8 Å². The third-order valence-electron chi connectivity index (χ3n) is 4.50. The van der Waals surface area contributed by atoms with Gasteiger partial charge in [-0.3, -0.25) is 4.90 Å². The van der Waals surface area contributed by atoms with E-state index in [0.717, 1.165) is 39.1 Å². The van der Waals surface area contributed by atoms with Crippen LogP contribution in [0.5, 0.6) is 0 Å². The lowest BCUT2D eigenvalue weighted by Crippen LogP contribution is -2.51. The largest absolute Gasteiger partial charge is 0.314 e. The maximum absolute atomic E-state index is 12.7. The molecule has 6 nitrogen and oxygen atoms in total. The van der Waals surface area contributed by atoms with E-state index in [9.17, 15) is 8.42 Å². The summed E-state index contributed by atoms with van der Waals surface area (Å²) in [5.41, 5.74) is 0. The van der Waals surface area contributed by atoms with E-state index >= 15 is 0 Å². The number of piperazine rings is 1. The smallest absolute Gasteiger partial charge is 0.281 e. The van der Waals surface area contributed by atoms with Crippen LogP contribution >= 0.6 is 0 Å². The second-order valence-electron chi connectivity index (χ2n) is 6.68. The van der Waals surface area contributed by atoms with Gasteiger partial charge in [0, 0.05) is 59.4 Å². The van der Waals surface area contributed by atoms with Gasteiger partial charge in [0.25, 0.3) is 10.2 Å². The summed E-state index contributed by atoms with van der Waals surface area (Å²) in [5, 5.41) is 3.31. The first-order valence-electron chi connectivity index (χ1n) is 8.04. The standard InChI is InChI=1S/C14H30N4O2S/c1-13-10-14(2)12-18(11-13)21(19,20)16(3)8-9-17-6-4-15-5-7-17/h13-15H,4-12H2,1-3H3. The minimum Gasteiger partial charge on any atom is -0.314 e. The van der Waals surface area contributed by atoms with E-state index in [1.165, 1.54) is 4.31 Å². The quantitative estimate of drug-likeness (QED) is 0.778. The topological polar surface area (TPSA) is 55.9 Å². The summed E-state index contributed by atoms with van der Waals surface area (Å²) < 4.78 is 28.5. The second-order valence-corrected chi connectivity index (χ2v) is 8.72. The third-order valence-corrected chi connectivity index (χ3v) is 6.42. The van der Waals surface area contributed by atoms with Gasteiger partial charge in [-0.1, -0.05) is 13.8 Å². The first-order valence-corrected chi connectivity index (χ1v) is 9.43. The average molecular weight is 318 g/mol. The molecule has 2 saturated heterocycles. The van der Waals surface area contributed by atoms with Crippen molar-refractivity contribution in [2.45, 2.75) is 20.3 Å². The second kappa shape index (κ2) is 7.37. The summed E-state index contributed by atoms with van der Waals surface area (Å²) in [4.78, 5) is 2.32. The molecule has 0 bridgehead atoms. The molecule has 0 aromatic carbocycles. The van der Waals surface area contributed by atoms with E-state index in [0.29, 0.717) is 31.5 Å². The number of nitrogens with zero attached hydrogens (tertiary/aromatic N) is 3. The van der Waals surface area contributed by atoms with E-state index < -0.39 is 10.2 Å². The fourth-order valence-corrected chi connectivity index (χ4v) is 4.92. The van der Waals surface area contributed by atoms with E-state index in [4.69, 9.17) is 0 Å².